The summed E-state index contributed by atoms with van der Waals surface area (Å²) >= 11 is 0. The molecule has 1 aromatic heterocycles. The molecule has 9 heteroatoms. The van der Waals surface area contributed by atoms with Gasteiger partial charge in [0.25, 0.3) is 5.91 Å². The number of halogens is 1. The van der Waals surface area contributed by atoms with E-state index in [9.17, 15) is 4.79 Å². The molecule has 0 bridgehead atoms. The summed E-state index contributed by atoms with van der Waals surface area (Å²) in [5, 5.41) is 9.21. The Morgan fingerprint density at radius 3 is 2.43 bits per heavy atom. The second-order valence-electron chi connectivity index (χ2n) is 5.74. The molecule has 0 atom stereocenters. The number of nitrogens with zero attached hydrogens (tertiary/aromatic N) is 1. The van der Waals surface area contributed by atoms with Crippen molar-refractivity contribution in [2.75, 3.05) is 39.7 Å². The smallest absolute Gasteiger partial charge is 0.287 e. The molecule has 1 heterocycles. The third-order valence-corrected chi connectivity index (χ3v) is 3.87. The Morgan fingerprint density at radius 1 is 1.11 bits per heavy atom. The molecule has 0 radical (unpaired) electrons. The molecule has 0 unspecified atom stereocenters. The Kier molecular flexibility index (Phi) is 10.2. The van der Waals surface area contributed by atoms with Crippen molar-refractivity contribution < 1.29 is 18.7 Å². The lowest BCUT2D eigenvalue weighted by atomic mass is 10.2. The first-order chi connectivity index (χ1) is 13.1. The van der Waals surface area contributed by atoms with Gasteiger partial charge in [0.1, 0.15) is 0 Å². The van der Waals surface area contributed by atoms with E-state index in [1.165, 1.54) is 6.26 Å². The third kappa shape index (κ3) is 6.63. The van der Waals surface area contributed by atoms with Crippen molar-refractivity contribution in [3.8, 4) is 11.5 Å². The van der Waals surface area contributed by atoms with Crippen LogP contribution in [0.4, 0.5) is 5.69 Å². The number of hydrogen-bond acceptors (Lipinski definition) is 5. The number of aliphatic imine (C=N–C) groups is 1. The van der Waals surface area contributed by atoms with Crippen LogP contribution in [0.1, 0.15) is 22.5 Å². The molecule has 0 spiro atoms. The normalized spacial score (nSPS) is 10.6. The highest BCUT2D eigenvalue weighted by Gasteiger charge is 2.11. The fourth-order valence-corrected chi connectivity index (χ4v) is 2.41. The molecule has 8 nitrogen and oxygen atoms in total. The molecule has 0 aliphatic rings. The molecule has 2 aromatic rings. The fraction of sp³-hybridized carbons (Fsp3) is 0.368. The van der Waals surface area contributed by atoms with Gasteiger partial charge in [-0.2, -0.15) is 0 Å². The van der Waals surface area contributed by atoms with Crippen LogP contribution in [0, 0.1) is 6.92 Å². The predicted octanol–water partition coefficient (Wildman–Crippen LogP) is 3.03. The van der Waals surface area contributed by atoms with Crippen LogP contribution in [-0.4, -0.2) is 46.2 Å². The number of carbonyl (C=O) groups excluding carboxylic acids is 1. The zero-order valence-corrected chi connectivity index (χ0v) is 18.8. The quantitative estimate of drug-likeness (QED) is 0.222. The van der Waals surface area contributed by atoms with Crippen LogP contribution in [0.25, 0.3) is 0 Å². The van der Waals surface area contributed by atoms with E-state index in [0.717, 1.165) is 17.7 Å². The van der Waals surface area contributed by atoms with Crippen molar-refractivity contribution in [3.05, 3.63) is 41.9 Å². The minimum Gasteiger partial charge on any atom is -0.493 e. The molecule has 3 N–H and O–H groups in total. The van der Waals surface area contributed by atoms with Crippen molar-refractivity contribution >= 4 is 41.5 Å². The standard InChI is InChI=1S/C19H26N4O4.HI/c1-13-8-11-27-17(13)18(24)21-9-5-10-22-19(20-2)23-14-6-7-15(25-3)16(12-14)26-4;/h6-8,11-12H,5,9-10H2,1-4H3,(H,21,24)(H2,20,22,23);1H. The number of guanidine groups is 1. The minimum atomic E-state index is -0.203. The van der Waals surface area contributed by atoms with E-state index in [4.69, 9.17) is 13.9 Å². The van der Waals surface area contributed by atoms with Gasteiger partial charge in [-0.05, 0) is 31.5 Å². The first-order valence-corrected chi connectivity index (χ1v) is 8.61. The predicted molar refractivity (Wildman–Crippen MR) is 120 cm³/mol. The molecule has 0 saturated heterocycles. The molecule has 0 aliphatic carbocycles. The average molecular weight is 502 g/mol. The lowest BCUT2D eigenvalue weighted by molar-refractivity contribution is 0.0925. The van der Waals surface area contributed by atoms with E-state index in [1.807, 2.05) is 25.1 Å². The number of hydrogen-bond donors (Lipinski definition) is 3. The molecule has 0 saturated carbocycles. The number of ether oxygens (including phenoxy) is 2. The molecule has 0 aliphatic heterocycles. The Bertz CT molecular complexity index is 792. The van der Waals surface area contributed by atoms with E-state index < -0.39 is 0 Å². The zero-order valence-electron chi connectivity index (χ0n) is 16.5. The Morgan fingerprint density at radius 2 is 1.82 bits per heavy atom. The summed E-state index contributed by atoms with van der Waals surface area (Å²) in [5.74, 6) is 2.07. The lowest BCUT2D eigenvalue weighted by Crippen LogP contribution is -2.33. The van der Waals surface area contributed by atoms with Crippen LogP contribution in [-0.2, 0) is 0 Å². The van der Waals surface area contributed by atoms with Crippen molar-refractivity contribution in [2.45, 2.75) is 13.3 Å². The second-order valence-corrected chi connectivity index (χ2v) is 5.74. The van der Waals surface area contributed by atoms with Gasteiger partial charge in [0.05, 0.1) is 20.5 Å². The van der Waals surface area contributed by atoms with Crippen molar-refractivity contribution in [2.24, 2.45) is 4.99 Å². The second kappa shape index (κ2) is 12.1. The van der Waals surface area contributed by atoms with Gasteiger partial charge in [0, 0.05) is 37.5 Å². The van der Waals surface area contributed by atoms with E-state index >= 15 is 0 Å². The maximum absolute atomic E-state index is 12.0. The fourth-order valence-electron chi connectivity index (χ4n) is 2.41. The molecular formula is C19H27IN4O4. The van der Waals surface area contributed by atoms with Crippen molar-refractivity contribution in [1.29, 1.82) is 0 Å². The highest BCUT2D eigenvalue weighted by Crippen LogP contribution is 2.29. The molecule has 1 amide bonds. The summed E-state index contributed by atoms with van der Waals surface area (Å²) in [7, 11) is 4.88. The number of nitrogens with one attached hydrogen (secondary N) is 3. The van der Waals surface area contributed by atoms with Gasteiger partial charge in [-0.3, -0.25) is 9.79 Å². The van der Waals surface area contributed by atoms with Gasteiger partial charge in [0.2, 0.25) is 0 Å². The summed E-state index contributed by atoms with van der Waals surface area (Å²) in [6.07, 6.45) is 2.24. The topological polar surface area (TPSA) is 97.1 Å². The maximum Gasteiger partial charge on any atom is 0.287 e. The lowest BCUT2D eigenvalue weighted by Gasteiger charge is -2.14. The first kappa shape index (κ1) is 23.6. The number of benzene rings is 1. The number of aryl methyl sites for hydroxylation is 1. The first-order valence-electron chi connectivity index (χ1n) is 8.61. The average Bonchev–Trinajstić information content (AvgIpc) is 3.12. The molecule has 28 heavy (non-hydrogen) atoms. The number of amides is 1. The highest BCUT2D eigenvalue weighted by molar-refractivity contribution is 14.0. The number of carbonyl (C=O) groups is 1. The van der Waals surface area contributed by atoms with Crippen LogP contribution in [0.5, 0.6) is 11.5 Å². The van der Waals surface area contributed by atoms with Gasteiger partial charge in [-0.15, -0.1) is 24.0 Å². The maximum atomic E-state index is 12.0. The van der Waals surface area contributed by atoms with Crippen LogP contribution in [0.2, 0.25) is 0 Å². The summed E-state index contributed by atoms with van der Waals surface area (Å²) in [4.78, 5) is 16.1. The molecule has 2 rings (SSSR count). The third-order valence-electron chi connectivity index (χ3n) is 3.87. The Balaban J connectivity index is 0.00000392. The Hall–Kier alpha value is -2.43. The van der Waals surface area contributed by atoms with Crippen LogP contribution in [0.15, 0.2) is 39.9 Å². The summed E-state index contributed by atoms with van der Waals surface area (Å²) in [6.45, 7) is 3.01. The monoisotopic (exact) mass is 502 g/mol. The van der Waals surface area contributed by atoms with Gasteiger partial charge in [0.15, 0.2) is 23.2 Å². The van der Waals surface area contributed by atoms with E-state index in [-0.39, 0.29) is 29.9 Å². The van der Waals surface area contributed by atoms with Crippen molar-refractivity contribution in [1.82, 2.24) is 10.6 Å². The zero-order chi connectivity index (χ0) is 19.6. The molecule has 1 aromatic carbocycles. The summed E-state index contributed by atoms with van der Waals surface area (Å²) < 4.78 is 15.7. The van der Waals surface area contributed by atoms with E-state index in [2.05, 4.69) is 20.9 Å². The van der Waals surface area contributed by atoms with E-state index in [1.54, 1.807) is 27.3 Å². The summed E-state index contributed by atoms with van der Waals surface area (Å²) in [5.41, 5.74) is 1.65. The largest absolute Gasteiger partial charge is 0.493 e. The van der Waals surface area contributed by atoms with Gasteiger partial charge in [-0.25, -0.2) is 0 Å². The van der Waals surface area contributed by atoms with Crippen molar-refractivity contribution in [3.63, 3.8) is 0 Å². The van der Waals surface area contributed by atoms with E-state index in [0.29, 0.717) is 36.3 Å². The van der Waals surface area contributed by atoms with Gasteiger partial charge >= 0.3 is 0 Å². The number of furan rings is 1. The highest BCUT2D eigenvalue weighted by atomic mass is 127. The van der Waals surface area contributed by atoms with Gasteiger partial charge in [-0.1, -0.05) is 0 Å². The SMILES string of the molecule is CN=C(NCCCNC(=O)c1occc1C)Nc1ccc(OC)c(OC)c1.I. The Labute approximate surface area is 182 Å². The number of methoxy groups -OCH3 is 2. The molecule has 0 fully saturated rings. The van der Waals surface area contributed by atoms with Crippen LogP contribution >= 0.6 is 24.0 Å². The molecular weight excluding hydrogens is 475 g/mol. The number of rotatable bonds is 8. The van der Waals surface area contributed by atoms with Gasteiger partial charge < -0.3 is 29.8 Å². The van der Waals surface area contributed by atoms with Crippen LogP contribution in [0.3, 0.4) is 0 Å². The van der Waals surface area contributed by atoms with Crippen LogP contribution < -0.4 is 25.4 Å². The summed E-state index contributed by atoms with van der Waals surface area (Å²) in [6, 6.07) is 7.29. The number of anilines is 1. The molecule has 154 valence electrons. The minimum absolute atomic E-state index is 0.